The number of pyridine rings is 1. The molecule has 0 fully saturated rings. The number of fused-ring (bicyclic) bond motifs is 1. The summed E-state index contributed by atoms with van der Waals surface area (Å²) in [5, 5.41) is 2.73. The predicted molar refractivity (Wildman–Crippen MR) is 101 cm³/mol. The van der Waals surface area contributed by atoms with E-state index in [1.54, 1.807) is 6.92 Å². The minimum Gasteiger partial charge on any atom is -0.365 e. The Hall–Kier alpha value is -3.27. The largest absolute Gasteiger partial charge is 0.365 e. The van der Waals surface area contributed by atoms with Gasteiger partial charge >= 0.3 is 0 Å². The van der Waals surface area contributed by atoms with Crippen molar-refractivity contribution in [3.8, 4) is 16.6 Å². The first-order valence-electron chi connectivity index (χ1n) is 8.21. The molecule has 0 saturated carbocycles. The predicted octanol–water partition coefficient (Wildman–Crippen LogP) is 3.59. The second kappa shape index (κ2) is 6.71. The standard InChI is InChI=1S/C18H14F2N6OS/c1-8-7-28-18(23-8)16-24-9(2)13(15(21)27)17(25-16)26-6-11(14(19)20)10-3-4-22-5-12(10)26/h3-7,14H,1-2H3,(H2,21,27). The van der Waals surface area contributed by atoms with Crippen molar-refractivity contribution in [2.75, 3.05) is 0 Å². The van der Waals surface area contributed by atoms with E-state index in [0.29, 0.717) is 27.4 Å². The molecule has 142 valence electrons. The molecule has 4 heterocycles. The lowest BCUT2D eigenvalue weighted by molar-refractivity contribution is 0.0999. The van der Waals surface area contributed by atoms with Crippen LogP contribution < -0.4 is 5.73 Å². The van der Waals surface area contributed by atoms with Crippen molar-refractivity contribution in [3.05, 3.63) is 52.6 Å². The van der Waals surface area contributed by atoms with E-state index in [9.17, 15) is 13.6 Å². The molecule has 0 unspecified atom stereocenters. The number of aromatic nitrogens is 5. The van der Waals surface area contributed by atoms with Crippen molar-refractivity contribution in [3.63, 3.8) is 0 Å². The van der Waals surface area contributed by atoms with Crippen molar-refractivity contribution >= 4 is 28.1 Å². The van der Waals surface area contributed by atoms with Crippen LogP contribution in [0, 0.1) is 13.8 Å². The number of thiazole rings is 1. The average Bonchev–Trinajstić information content (AvgIpc) is 3.24. The summed E-state index contributed by atoms with van der Waals surface area (Å²) in [5.74, 6) is -0.341. The number of rotatable bonds is 4. The minimum absolute atomic E-state index is 0.0543. The van der Waals surface area contributed by atoms with Crippen molar-refractivity contribution in [2.45, 2.75) is 20.3 Å². The summed E-state index contributed by atoms with van der Waals surface area (Å²) in [4.78, 5) is 29.3. The lowest BCUT2D eigenvalue weighted by atomic mass is 10.2. The smallest absolute Gasteiger partial charge is 0.265 e. The first-order valence-corrected chi connectivity index (χ1v) is 9.09. The van der Waals surface area contributed by atoms with Crippen molar-refractivity contribution in [1.29, 1.82) is 0 Å². The number of nitrogens with two attached hydrogens (primary N) is 1. The van der Waals surface area contributed by atoms with Gasteiger partial charge in [-0.2, -0.15) is 0 Å². The molecule has 0 aromatic carbocycles. The Kier molecular flexibility index (Phi) is 4.34. The van der Waals surface area contributed by atoms with Gasteiger partial charge in [0.15, 0.2) is 16.6 Å². The van der Waals surface area contributed by atoms with E-state index in [0.717, 1.165) is 5.69 Å². The van der Waals surface area contributed by atoms with Gasteiger partial charge in [-0.05, 0) is 19.9 Å². The summed E-state index contributed by atoms with van der Waals surface area (Å²) in [6.45, 7) is 3.46. The number of hydrogen-bond donors (Lipinski definition) is 1. The topological polar surface area (TPSA) is 99.6 Å². The van der Waals surface area contributed by atoms with Gasteiger partial charge in [-0.15, -0.1) is 11.3 Å². The quantitative estimate of drug-likeness (QED) is 0.564. The molecule has 0 aliphatic rings. The summed E-state index contributed by atoms with van der Waals surface area (Å²) in [6.07, 6.45) is 1.42. The van der Waals surface area contributed by atoms with Gasteiger partial charge in [-0.3, -0.25) is 14.3 Å². The maximum Gasteiger partial charge on any atom is 0.265 e. The van der Waals surface area contributed by atoms with Gasteiger partial charge in [-0.1, -0.05) is 0 Å². The molecule has 10 heteroatoms. The molecule has 0 atom stereocenters. The molecule has 2 N–H and O–H groups in total. The van der Waals surface area contributed by atoms with Gasteiger partial charge in [0, 0.05) is 34.4 Å². The molecule has 28 heavy (non-hydrogen) atoms. The van der Waals surface area contributed by atoms with E-state index in [2.05, 4.69) is 19.9 Å². The second-order valence-electron chi connectivity index (χ2n) is 6.14. The fraction of sp³-hybridized carbons (Fsp3) is 0.167. The number of carbonyl (C=O) groups excluding carboxylic acids is 1. The maximum absolute atomic E-state index is 13.5. The molecule has 4 aromatic rings. The Labute approximate surface area is 161 Å². The van der Waals surface area contributed by atoms with Crippen LogP contribution in [0.25, 0.3) is 27.6 Å². The zero-order valence-corrected chi connectivity index (χ0v) is 15.7. The Morgan fingerprint density at radius 1 is 1.25 bits per heavy atom. The third-order valence-electron chi connectivity index (χ3n) is 4.23. The molecule has 0 radical (unpaired) electrons. The van der Waals surface area contributed by atoms with E-state index < -0.39 is 12.3 Å². The first-order chi connectivity index (χ1) is 13.4. The Morgan fingerprint density at radius 2 is 2.04 bits per heavy atom. The number of primary amides is 1. The number of nitrogens with zero attached hydrogens (tertiary/aromatic N) is 5. The van der Waals surface area contributed by atoms with Crippen molar-refractivity contribution in [1.82, 2.24) is 24.5 Å². The molecule has 0 aliphatic heterocycles. The van der Waals surface area contributed by atoms with Crippen LogP contribution in [0.4, 0.5) is 8.78 Å². The van der Waals surface area contributed by atoms with E-state index in [4.69, 9.17) is 5.73 Å². The molecule has 0 bridgehead atoms. The van der Waals surface area contributed by atoms with Crippen molar-refractivity contribution < 1.29 is 13.6 Å². The monoisotopic (exact) mass is 400 g/mol. The molecule has 1 amide bonds. The second-order valence-corrected chi connectivity index (χ2v) is 7.00. The summed E-state index contributed by atoms with van der Waals surface area (Å²) in [5.41, 5.74) is 6.95. The van der Waals surface area contributed by atoms with Gasteiger partial charge in [0.05, 0.1) is 17.4 Å². The molecule has 7 nitrogen and oxygen atoms in total. The van der Waals surface area contributed by atoms with Crippen LogP contribution >= 0.6 is 11.3 Å². The van der Waals surface area contributed by atoms with Crippen molar-refractivity contribution in [2.24, 2.45) is 5.73 Å². The zero-order chi connectivity index (χ0) is 20.0. The number of halogens is 2. The van der Waals surface area contributed by atoms with Crippen LogP contribution in [0.15, 0.2) is 30.0 Å². The van der Waals surface area contributed by atoms with Crippen LogP contribution in [0.3, 0.4) is 0 Å². The van der Waals surface area contributed by atoms with E-state index in [1.165, 1.54) is 40.6 Å². The Morgan fingerprint density at radius 3 is 2.68 bits per heavy atom. The van der Waals surface area contributed by atoms with Gasteiger partial charge < -0.3 is 5.73 Å². The van der Waals surface area contributed by atoms with E-state index >= 15 is 0 Å². The highest BCUT2D eigenvalue weighted by Gasteiger charge is 2.24. The Balaban J connectivity index is 2.05. The number of alkyl halides is 2. The zero-order valence-electron chi connectivity index (χ0n) is 14.8. The Bertz CT molecular complexity index is 1220. The van der Waals surface area contributed by atoms with E-state index in [1.807, 2.05) is 12.3 Å². The molecule has 0 aliphatic carbocycles. The van der Waals surface area contributed by atoms with Crippen LogP contribution in [0.5, 0.6) is 0 Å². The first kappa shape index (κ1) is 18.1. The summed E-state index contributed by atoms with van der Waals surface area (Å²) < 4.78 is 28.5. The molecule has 0 spiro atoms. The highest BCUT2D eigenvalue weighted by molar-refractivity contribution is 7.13. The SMILES string of the molecule is Cc1csc(-c2nc(C)c(C(N)=O)c(-n3cc(C(F)F)c4ccncc43)n2)n1. The fourth-order valence-electron chi connectivity index (χ4n) is 3.02. The van der Waals surface area contributed by atoms with Gasteiger partial charge in [-0.25, -0.2) is 23.7 Å². The third-order valence-corrected chi connectivity index (χ3v) is 5.19. The maximum atomic E-state index is 13.5. The van der Waals surface area contributed by atoms with Gasteiger partial charge in [0.1, 0.15) is 5.56 Å². The van der Waals surface area contributed by atoms with Crippen LogP contribution in [-0.4, -0.2) is 30.4 Å². The van der Waals surface area contributed by atoms with E-state index in [-0.39, 0.29) is 16.9 Å². The summed E-state index contributed by atoms with van der Waals surface area (Å²) >= 11 is 1.35. The molecular weight excluding hydrogens is 386 g/mol. The van der Waals surface area contributed by atoms with Gasteiger partial charge in [0.25, 0.3) is 12.3 Å². The molecule has 4 aromatic heterocycles. The number of aryl methyl sites for hydroxylation is 2. The summed E-state index contributed by atoms with van der Waals surface area (Å²) in [7, 11) is 0. The molecule has 4 rings (SSSR count). The number of hydrogen-bond acceptors (Lipinski definition) is 6. The molecular formula is C18H14F2N6OS. The number of amides is 1. The highest BCUT2D eigenvalue weighted by atomic mass is 32.1. The lowest BCUT2D eigenvalue weighted by Gasteiger charge is -2.12. The van der Waals surface area contributed by atoms with Crippen LogP contribution in [0.2, 0.25) is 0 Å². The normalized spacial score (nSPS) is 11.5. The summed E-state index contributed by atoms with van der Waals surface area (Å²) in [6, 6.07) is 1.50. The fourth-order valence-corrected chi connectivity index (χ4v) is 3.75. The minimum atomic E-state index is -2.70. The molecule has 0 saturated heterocycles. The highest BCUT2D eigenvalue weighted by Crippen LogP contribution is 2.32. The lowest BCUT2D eigenvalue weighted by Crippen LogP contribution is -2.19. The van der Waals surface area contributed by atoms with Crippen LogP contribution in [0.1, 0.15) is 33.7 Å². The number of carbonyl (C=O) groups is 1. The van der Waals surface area contributed by atoms with Gasteiger partial charge in [0.2, 0.25) is 0 Å². The van der Waals surface area contributed by atoms with Crippen LogP contribution in [-0.2, 0) is 0 Å². The third kappa shape index (κ3) is 2.91. The average molecular weight is 400 g/mol.